The number of nitrogens with zero attached hydrogens (tertiary/aromatic N) is 2. The van der Waals surface area contributed by atoms with Crippen molar-refractivity contribution in [2.45, 2.75) is 57.1 Å². The van der Waals surface area contributed by atoms with E-state index in [0.717, 1.165) is 51.6 Å². The standard InChI is InChI=1S/C16H28N2O2/c1-20-15-7-11-17(12-8-15)14-5-9-18(10-6-14)16(19)13-3-2-4-13/h13-15H,2-12H2,1H3. The third-order valence-corrected chi connectivity index (χ3v) is 5.56. The Morgan fingerprint density at radius 1 is 0.950 bits per heavy atom. The summed E-state index contributed by atoms with van der Waals surface area (Å²) < 4.78 is 5.44. The van der Waals surface area contributed by atoms with Crippen LogP contribution in [0.15, 0.2) is 0 Å². The van der Waals surface area contributed by atoms with Crippen molar-refractivity contribution >= 4 is 5.91 Å². The van der Waals surface area contributed by atoms with Crippen LogP contribution in [0, 0.1) is 5.92 Å². The number of carbonyl (C=O) groups excluding carboxylic acids is 1. The van der Waals surface area contributed by atoms with E-state index < -0.39 is 0 Å². The maximum atomic E-state index is 12.2. The molecule has 3 fully saturated rings. The van der Waals surface area contributed by atoms with Gasteiger partial charge in [0, 0.05) is 45.2 Å². The molecule has 1 aliphatic carbocycles. The van der Waals surface area contributed by atoms with Crippen molar-refractivity contribution in [2.24, 2.45) is 5.92 Å². The average Bonchev–Trinajstić information content (AvgIpc) is 2.46. The summed E-state index contributed by atoms with van der Waals surface area (Å²) in [6.07, 6.45) is 8.63. The Hall–Kier alpha value is -0.610. The molecule has 1 amide bonds. The fraction of sp³-hybridized carbons (Fsp3) is 0.938. The second kappa shape index (κ2) is 6.44. The number of rotatable bonds is 3. The molecule has 0 radical (unpaired) electrons. The molecule has 0 aromatic heterocycles. The highest BCUT2D eigenvalue weighted by Crippen LogP contribution is 2.30. The molecule has 20 heavy (non-hydrogen) atoms. The van der Waals surface area contributed by atoms with Crippen molar-refractivity contribution in [3.8, 4) is 0 Å². The van der Waals surface area contributed by atoms with Crippen LogP contribution in [-0.4, -0.2) is 61.1 Å². The normalized spacial score (nSPS) is 27.6. The number of hydrogen-bond donors (Lipinski definition) is 0. The van der Waals surface area contributed by atoms with Gasteiger partial charge in [0.1, 0.15) is 0 Å². The fourth-order valence-corrected chi connectivity index (χ4v) is 3.84. The molecule has 2 saturated heterocycles. The van der Waals surface area contributed by atoms with Gasteiger partial charge in [0.15, 0.2) is 0 Å². The van der Waals surface area contributed by atoms with Crippen LogP contribution in [0.1, 0.15) is 44.9 Å². The monoisotopic (exact) mass is 280 g/mol. The fourth-order valence-electron chi connectivity index (χ4n) is 3.84. The van der Waals surface area contributed by atoms with Crippen LogP contribution in [0.25, 0.3) is 0 Å². The van der Waals surface area contributed by atoms with Gasteiger partial charge < -0.3 is 14.5 Å². The molecule has 4 heteroatoms. The molecule has 0 aromatic rings. The third kappa shape index (κ3) is 3.01. The highest BCUT2D eigenvalue weighted by atomic mass is 16.5. The number of likely N-dealkylation sites (tertiary alicyclic amines) is 2. The average molecular weight is 280 g/mol. The van der Waals surface area contributed by atoms with Crippen molar-refractivity contribution in [1.82, 2.24) is 9.80 Å². The number of amides is 1. The molecular weight excluding hydrogens is 252 g/mol. The molecule has 1 saturated carbocycles. The predicted molar refractivity (Wildman–Crippen MR) is 78.5 cm³/mol. The zero-order chi connectivity index (χ0) is 13.9. The van der Waals surface area contributed by atoms with Crippen LogP contribution < -0.4 is 0 Å². The Bertz CT molecular complexity index is 327. The third-order valence-electron chi connectivity index (χ3n) is 5.56. The van der Waals surface area contributed by atoms with Crippen molar-refractivity contribution in [3.05, 3.63) is 0 Å². The van der Waals surface area contributed by atoms with E-state index in [1.807, 2.05) is 7.11 Å². The van der Waals surface area contributed by atoms with Crippen LogP contribution in [-0.2, 0) is 9.53 Å². The van der Waals surface area contributed by atoms with Crippen molar-refractivity contribution < 1.29 is 9.53 Å². The summed E-state index contributed by atoms with van der Waals surface area (Å²) in [6.45, 7) is 4.29. The molecule has 0 unspecified atom stereocenters. The molecule has 0 atom stereocenters. The number of ether oxygens (including phenoxy) is 1. The number of carbonyl (C=O) groups is 1. The summed E-state index contributed by atoms with van der Waals surface area (Å²) in [6, 6.07) is 0.693. The van der Waals surface area contributed by atoms with Crippen LogP contribution in [0.4, 0.5) is 0 Å². The van der Waals surface area contributed by atoms with Gasteiger partial charge in [-0.05, 0) is 38.5 Å². The zero-order valence-electron chi connectivity index (χ0n) is 12.7. The van der Waals surface area contributed by atoms with Crippen LogP contribution in [0.5, 0.6) is 0 Å². The molecule has 114 valence electrons. The lowest BCUT2D eigenvalue weighted by Crippen LogP contribution is -2.51. The maximum absolute atomic E-state index is 12.2. The van der Waals surface area contributed by atoms with Crippen LogP contribution >= 0.6 is 0 Å². The lowest BCUT2D eigenvalue weighted by atomic mass is 9.84. The summed E-state index contributed by atoms with van der Waals surface area (Å²) in [5.41, 5.74) is 0. The minimum atomic E-state index is 0.365. The second-order valence-corrected chi connectivity index (χ2v) is 6.66. The van der Waals surface area contributed by atoms with E-state index in [1.54, 1.807) is 0 Å². The van der Waals surface area contributed by atoms with E-state index in [-0.39, 0.29) is 0 Å². The SMILES string of the molecule is COC1CCN(C2CCN(C(=O)C3CCC3)CC2)CC1. The Morgan fingerprint density at radius 3 is 2.10 bits per heavy atom. The summed E-state index contributed by atoms with van der Waals surface area (Å²) >= 11 is 0. The summed E-state index contributed by atoms with van der Waals surface area (Å²) in [5, 5.41) is 0. The lowest BCUT2D eigenvalue weighted by molar-refractivity contribution is -0.139. The predicted octanol–water partition coefficient (Wildman–Crippen LogP) is 1.89. The molecule has 2 aliphatic heterocycles. The van der Waals surface area contributed by atoms with Gasteiger partial charge in [0.2, 0.25) is 5.91 Å². The molecule has 3 rings (SSSR count). The van der Waals surface area contributed by atoms with Gasteiger partial charge in [-0.3, -0.25) is 4.79 Å². The highest BCUT2D eigenvalue weighted by Gasteiger charge is 2.33. The Balaban J connectivity index is 1.43. The van der Waals surface area contributed by atoms with Gasteiger partial charge in [-0.15, -0.1) is 0 Å². The Kier molecular flexibility index (Phi) is 4.61. The van der Waals surface area contributed by atoms with E-state index in [0.29, 0.717) is 24.0 Å². The van der Waals surface area contributed by atoms with Gasteiger partial charge in [0.05, 0.1) is 6.10 Å². The molecule has 3 aliphatic rings. The Labute approximate surface area is 122 Å². The number of hydrogen-bond acceptors (Lipinski definition) is 3. The van der Waals surface area contributed by atoms with Crippen LogP contribution in [0.3, 0.4) is 0 Å². The van der Waals surface area contributed by atoms with Gasteiger partial charge >= 0.3 is 0 Å². The van der Waals surface area contributed by atoms with Gasteiger partial charge in [-0.25, -0.2) is 0 Å². The minimum Gasteiger partial charge on any atom is -0.381 e. The van der Waals surface area contributed by atoms with E-state index in [9.17, 15) is 4.79 Å². The van der Waals surface area contributed by atoms with E-state index in [1.165, 1.54) is 19.5 Å². The largest absolute Gasteiger partial charge is 0.381 e. The summed E-state index contributed by atoms with van der Waals surface area (Å²) in [5.74, 6) is 0.803. The van der Waals surface area contributed by atoms with Crippen LogP contribution in [0.2, 0.25) is 0 Å². The second-order valence-electron chi connectivity index (χ2n) is 6.66. The first-order valence-electron chi connectivity index (χ1n) is 8.33. The molecule has 2 heterocycles. The topological polar surface area (TPSA) is 32.8 Å². The summed E-state index contributed by atoms with van der Waals surface area (Å²) in [4.78, 5) is 17.0. The maximum Gasteiger partial charge on any atom is 0.225 e. The Morgan fingerprint density at radius 2 is 1.60 bits per heavy atom. The highest BCUT2D eigenvalue weighted by molar-refractivity contribution is 5.79. The van der Waals surface area contributed by atoms with Gasteiger partial charge in [-0.2, -0.15) is 0 Å². The molecule has 4 nitrogen and oxygen atoms in total. The molecular formula is C16H28N2O2. The molecule has 0 N–H and O–H groups in total. The zero-order valence-corrected chi connectivity index (χ0v) is 12.7. The quantitative estimate of drug-likeness (QED) is 0.791. The van der Waals surface area contributed by atoms with E-state index >= 15 is 0 Å². The van der Waals surface area contributed by atoms with E-state index in [4.69, 9.17) is 4.74 Å². The van der Waals surface area contributed by atoms with E-state index in [2.05, 4.69) is 9.80 Å². The van der Waals surface area contributed by atoms with Gasteiger partial charge in [0.25, 0.3) is 0 Å². The number of methoxy groups -OCH3 is 1. The van der Waals surface area contributed by atoms with Crippen molar-refractivity contribution in [3.63, 3.8) is 0 Å². The molecule has 0 spiro atoms. The minimum absolute atomic E-state index is 0.365. The lowest BCUT2D eigenvalue weighted by Gasteiger charge is -2.42. The molecule has 0 aromatic carbocycles. The smallest absolute Gasteiger partial charge is 0.225 e. The first-order valence-corrected chi connectivity index (χ1v) is 8.33. The first kappa shape index (κ1) is 14.3. The van der Waals surface area contributed by atoms with Crippen molar-refractivity contribution in [2.75, 3.05) is 33.3 Å². The first-order chi connectivity index (χ1) is 9.78. The summed E-state index contributed by atoms with van der Waals surface area (Å²) in [7, 11) is 1.82. The van der Waals surface area contributed by atoms with Gasteiger partial charge in [-0.1, -0.05) is 6.42 Å². The molecule has 0 bridgehead atoms. The van der Waals surface area contributed by atoms with Crippen molar-refractivity contribution in [1.29, 1.82) is 0 Å². The number of piperidine rings is 2.